The van der Waals surface area contributed by atoms with Crippen LogP contribution in [0.3, 0.4) is 0 Å². The first-order valence-electron chi connectivity index (χ1n) is 4.70. The molecule has 0 spiro atoms. The van der Waals surface area contributed by atoms with E-state index < -0.39 is 0 Å². The Morgan fingerprint density at radius 3 is 3.25 bits per heavy atom. The summed E-state index contributed by atoms with van der Waals surface area (Å²) in [6.07, 6.45) is 3.24. The van der Waals surface area contributed by atoms with E-state index in [1.54, 1.807) is 23.9 Å². The quantitative estimate of drug-likeness (QED) is 0.714. The molecule has 2 N–H and O–H groups in total. The molecule has 3 heterocycles. The number of hydrogen-bond acceptors (Lipinski definition) is 6. The minimum atomic E-state index is 0.598. The summed E-state index contributed by atoms with van der Waals surface area (Å²) in [6, 6.07) is 1.98. The zero-order chi connectivity index (χ0) is 10.8. The lowest BCUT2D eigenvalue weighted by Gasteiger charge is -2.03. The largest absolute Gasteiger partial charge is 0.363 e. The van der Waals surface area contributed by atoms with Gasteiger partial charge in [0.25, 0.3) is 0 Å². The monoisotopic (exact) mass is 232 g/mol. The Morgan fingerprint density at radius 2 is 2.38 bits per heavy atom. The van der Waals surface area contributed by atoms with Gasteiger partial charge in [-0.1, -0.05) is 0 Å². The number of fused-ring (bicyclic) bond motifs is 1. The van der Waals surface area contributed by atoms with Crippen LogP contribution in [-0.2, 0) is 6.54 Å². The summed E-state index contributed by atoms with van der Waals surface area (Å²) in [7, 11) is 0. The van der Waals surface area contributed by atoms with Crippen LogP contribution in [0.25, 0.3) is 10.2 Å². The summed E-state index contributed by atoms with van der Waals surface area (Å²) >= 11 is 1.62. The topological polar surface area (TPSA) is 79.4 Å². The Hall–Kier alpha value is -2.02. The van der Waals surface area contributed by atoms with Crippen molar-refractivity contribution in [1.29, 1.82) is 0 Å². The SMILES string of the molecule is c1nc(NCc2cn[nH]n2)c2sccc2n1. The van der Waals surface area contributed by atoms with Gasteiger partial charge in [0.15, 0.2) is 0 Å². The minimum absolute atomic E-state index is 0.598. The fourth-order valence-corrected chi connectivity index (χ4v) is 2.21. The van der Waals surface area contributed by atoms with E-state index >= 15 is 0 Å². The first-order valence-corrected chi connectivity index (χ1v) is 5.58. The summed E-state index contributed by atoms with van der Waals surface area (Å²) < 4.78 is 1.06. The normalized spacial score (nSPS) is 10.8. The molecule has 0 aliphatic heterocycles. The van der Waals surface area contributed by atoms with E-state index in [4.69, 9.17) is 0 Å². The van der Waals surface area contributed by atoms with E-state index in [-0.39, 0.29) is 0 Å². The second-order valence-corrected chi connectivity index (χ2v) is 4.09. The number of rotatable bonds is 3. The van der Waals surface area contributed by atoms with Crippen LogP contribution in [-0.4, -0.2) is 25.4 Å². The lowest BCUT2D eigenvalue weighted by atomic mass is 10.4. The summed E-state index contributed by atoms with van der Waals surface area (Å²) in [5.41, 5.74) is 1.81. The summed E-state index contributed by atoms with van der Waals surface area (Å²) in [4.78, 5) is 8.38. The van der Waals surface area contributed by atoms with Crippen molar-refractivity contribution in [2.45, 2.75) is 6.54 Å². The number of nitrogens with zero attached hydrogens (tertiary/aromatic N) is 4. The van der Waals surface area contributed by atoms with Gasteiger partial charge in [0, 0.05) is 0 Å². The molecule has 0 aromatic carbocycles. The van der Waals surface area contributed by atoms with Crippen LogP contribution in [0.5, 0.6) is 0 Å². The van der Waals surface area contributed by atoms with Gasteiger partial charge >= 0.3 is 0 Å². The molecule has 3 rings (SSSR count). The highest BCUT2D eigenvalue weighted by Crippen LogP contribution is 2.24. The molecular weight excluding hydrogens is 224 g/mol. The van der Waals surface area contributed by atoms with Crippen LogP contribution < -0.4 is 5.32 Å². The van der Waals surface area contributed by atoms with Crippen molar-refractivity contribution >= 4 is 27.4 Å². The lowest BCUT2D eigenvalue weighted by Crippen LogP contribution is -2.02. The molecular formula is C9H8N6S. The molecule has 0 saturated carbocycles. The zero-order valence-electron chi connectivity index (χ0n) is 8.21. The average Bonchev–Trinajstić information content (AvgIpc) is 2.97. The molecule has 0 fully saturated rings. The van der Waals surface area contributed by atoms with E-state index in [1.165, 1.54) is 0 Å². The van der Waals surface area contributed by atoms with Gasteiger partial charge in [0.1, 0.15) is 17.8 Å². The molecule has 0 bridgehead atoms. The molecule has 16 heavy (non-hydrogen) atoms. The van der Waals surface area contributed by atoms with Crippen LogP contribution in [0.1, 0.15) is 5.69 Å². The molecule has 6 nitrogen and oxygen atoms in total. The van der Waals surface area contributed by atoms with Crippen LogP contribution in [0.2, 0.25) is 0 Å². The molecule has 7 heteroatoms. The van der Waals surface area contributed by atoms with E-state index in [9.17, 15) is 0 Å². The third-order valence-corrected chi connectivity index (χ3v) is 3.06. The van der Waals surface area contributed by atoms with Gasteiger partial charge in [-0.2, -0.15) is 15.4 Å². The van der Waals surface area contributed by atoms with E-state index in [0.717, 1.165) is 21.7 Å². The molecule has 0 radical (unpaired) electrons. The zero-order valence-corrected chi connectivity index (χ0v) is 9.03. The van der Waals surface area contributed by atoms with Crippen molar-refractivity contribution in [2.24, 2.45) is 0 Å². The van der Waals surface area contributed by atoms with Crippen LogP contribution in [0.4, 0.5) is 5.82 Å². The molecule has 3 aromatic rings. The van der Waals surface area contributed by atoms with Crippen molar-refractivity contribution in [3.63, 3.8) is 0 Å². The van der Waals surface area contributed by atoms with E-state index in [1.807, 2.05) is 11.4 Å². The van der Waals surface area contributed by atoms with Gasteiger partial charge in [0.05, 0.1) is 23.0 Å². The highest BCUT2D eigenvalue weighted by molar-refractivity contribution is 7.17. The van der Waals surface area contributed by atoms with Crippen molar-refractivity contribution in [3.8, 4) is 0 Å². The Bertz CT molecular complexity index is 587. The second-order valence-electron chi connectivity index (χ2n) is 3.17. The van der Waals surface area contributed by atoms with Gasteiger partial charge in [-0.3, -0.25) is 0 Å². The summed E-state index contributed by atoms with van der Waals surface area (Å²) in [6.45, 7) is 0.598. The number of hydrogen-bond donors (Lipinski definition) is 2. The molecule has 0 aliphatic rings. The van der Waals surface area contributed by atoms with Crippen molar-refractivity contribution in [2.75, 3.05) is 5.32 Å². The van der Waals surface area contributed by atoms with Gasteiger partial charge in [-0.25, -0.2) is 9.97 Å². The first-order chi connectivity index (χ1) is 7.93. The fraction of sp³-hybridized carbons (Fsp3) is 0.111. The van der Waals surface area contributed by atoms with Gasteiger partial charge in [-0.05, 0) is 11.4 Å². The van der Waals surface area contributed by atoms with E-state index in [2.05, 4.69) is 30.7 Å². The molecule has 0 saturated heterocycles. The maximum Gasteiger partial charge on any atom is 0.147 e. The van der Waals surface area contributed by atoms with Gasteiger partial charge in [-0.15, -0.1) is 11.3 Å². The number of thiophene rings is 1. The van der Waals surface area contributed by atoms with Crippen molar-refractivity contribution in [1.82, 2.24) is 25.4 Å². The Kier molecular flexibility index (Phi) is 2.22. The van der Waals surface area contributed by atoms with Crippen LogP contribution in [0.15, 0.2) is 24.0 Å². The van der Waals surface area contributed by atoms with Gasteiger partial charge in [0.2, 0.25) is 0 Å². The Labute approximate surface area is 94.7 Å². The first kappa shape index (κ1) is 9.22. The maximum atomic E-state index is 4.21. The highest BCUT2D eigenvalue weighted by Gasteiger charge is 2.04. The third kappa shape index (κ3) is 1.61. The average molecular weight is 232 g/mol. The number of H-pyrrole nitrogens is 1. The smallest absolute Gasteiger partial charge is 0.147 e. The molecule has 3 aromatic heterocycles. The highest BCUT2D eigenvalue weighted by atomic mass is 32.1. The van der Waals surface area contributed by atoms with E-state index in [0.29, 0.717) is 6.54 Å². The van der Waals surface area contributed by atoms with Crippen molar-refractivity contribution < 1.29 is 0 Å². The molecule has 0 unspecified atom stereocenters. The molecule has 0 amide bonds. The Balaban J connectivity index is 1.86. The third-order valence-electron chi connectivity index (χ3n) is 2.15. The lowest BCUT2D eigenvalue weighted by molar-refractivity contribution is 0.909. The predicted molar refractivity (Wildman–Crippen MR) is 61.1 cm³/mol. The second kappa shape index (κ2) is 3.86. The number of aromatic nitrogens is 5. The Morgan fingerprint density at radius 1 is 1.38 bits per heavy atom. The number of aromatic amines is 1. The standard InChI is InChI=1S/C9H8N6S/c1-2-16-8-7(1)11-5-12-9(8)10-3-6-4-13-15-14-6/h1-2,4-5H,3H2,(H,10,11,12)(H,13,14,15). The number of nitrogens with one attached hydrogen (secondary N) is 2. The molecule has 0 aliphatic carbocycles. The summed E-state index contributed by atoms with van der Waals surface area (Å²) in [5.74, 6) is 0.836. The van der Waals surface area contributed by atoms with Gasteiger partial charge < -0.3 is 5.32 Å². The summed E-state index contributed by atoms with van der Waals surface area (Å²) in [5, 5.41) is 15.5. The number of anilines is 1. The van der Waals surface area contributed by atoms with Crippen LogP contribution >= 0.6 is 11.3 Å². The fourth-order valence-electron chi connectivity index (χ4n) is 1.40. The maximum absolute atomic E-state index is 4.21. The predicted octanol–water partition coefficient (Wildman–Crippen LogP) is 1.42. The molecule has 0 atom stereocenters. The molecule has 80 valence electrons. The van der Waals surface area contributed by atoms with Crippen molar-refractivity contribution in [3.05, 3.63) is 29.7 Å². The minimum Gasteiger partial charge on any atom is -0.363 e. The van der Waals surface area contributed by atoms with Crippen LogP contribution in [0, 0.1) is 0 Å².